The van der Waals surface area contributed by atoms with Gasteiger partial charge in [0.1, 0.15) is 0 Å². The summed E-state index contributed by atoms with van der Waals surface area (Å²) in [6, 6.07) is 11.3. The van der Waals surface area contributed by atoms with Gasteiger partial charge in [-0.25, -0.2) is 0 Å². The maximum Gasteiger partial charge on any atom is 0.234 e. The zero-order chi connectivity index (χ0) is 16.1. The minimum atomic E-state index is -0.125. The Morgan fingerprint density at radius 3 is 2.78 bits per heavy atom. The van der Waals surface area contributed by atoms with Gasteiger partial charge in [-0.3, -0.25) is 9.78 Å². The number of nitrogens with one attached hydrogen (secondary N) is 1. The number of anilines is 1. The van der Waals surface area contributed by atoms with Crippen molar-refractivity contribution in [3.05, 3.63) is 54.4 Å². The number of thioether (sulfide) groups is 1. The number of carbonyl (C=O) groups is 1. The van der Waals surface area contributed by atoms with E-state index in [0.29, 0.717) is 10.8 Å². The topological polar surface area (TPSA) is 85.6 Å². The molecule has 0 saturated heterocycles. The molecule has 0 bridgehead atoms. The molecule has 1 aromatic carbocycles. The van der Waals surface area contributed by atoms with E-state index in [2.05, 4.69) is 25.8 Å². The summed E-state index contributed by atoms with van der Waals surface area (Å²) in [6.07, 6.45) is 3.25. The van der Waals surface area contributed by atoms with Crippen molar-refractivity contribution >= 4 is 23.4 Å². The normalized spacial score (nSPS) is 10.5. The van der Waals surface area contributed by atoms with Crippen LogP contribution >= 0.6 is 11.8 Å². The zero-order valence-electron chi connectivity index (χ0n) is 12.4. The van der Waals surface area contributed by atoms with Gasteiger partial charge in [0.25, 0.3) is 0 Å². The summed E-state index contributed by atoms with van der Waals surface area (Å²) in [5, 5.41) is 15.1. The molecule has 23 heavy (non-hydrogen) atoms. The number of tetrazole rings is 1. The first-order chi connectivity index (χ1) is 11.2. The molecule has 0 aliphatic rings. The zero-order valence-corrected chi connectivity index (χ0v) is 13.2. The van der Waals surface area contributed by atoms with Crippen molar-refractivity contribution in [3.8, 4) is 5.69 Å². The highest BCUT2D eigenvalue weighted by atomic mass is 32.2. The van der Waals surface area contributed by atoms with Crippen LogP contribution in [0.1, 0.15) is 5.56 Å². The summed E-state index contributed by atoms with van der Waals surface area (Å²) in [6.45, 7) is 1.99. The summed E-state index contributed by atoms with van der Waals surface area (Å²) in [7, 11) is 0. The number of nitrogens with zero attached hydrogens (tertiary/aromatic N) is 5. The van der Waals surface area contributed by atoms with E-state index in [4.69, 9.17) is 0 Å². The van der Waals surface area contributed by atoms with Gasteiger partial charge in [0.15, 0.2) is 0 Å². The lowest BCUT2D eigenvalue weighted by atomic mass is 10.2. The number of pyridine rings is 1. The van der Waals surface area contributed by atoms with E-state index >= 15 is 0 Å². The molecule has 2 heterocycles. The van der Waals surface area contributed by atoms with Crippen molar-refractivity contribution in [1.82, 2.24) is 25.2 Å². The molecule has 1 N–H and O–H groups in total. The lowest BCUT2D eigenvalue weighted by Crippen LogP contribution is -2.14. The molecule has 0 spiro atoms. The Hall–Kier alpha value is -2.74. The van der Waals surface area contributed by atoms with E-state index in [1.165, 1.54) is 11.8 Å². The van der Waals surface area contributed by atoms with E-state index < -0.39 is 0 Å². The number of hydrogen-bond donors (Lipinski definition) is 1. The first-order valence-electron chi connectivity index (χ1n) is 6.91. The first-order valence-corrected chi connectivity index (χ1v) is 7.89. The maximum absolute atomic E-state index is 12.0. The Balaban J connectivity index is 1.67. The minimum absolute atomic E-state index is 0.125. The molecular formula is C15H14N6OS. The number of rotatable bonds is 5. The number of hydrogen-bond acceptors (Lipinski definition) is 6. The third-order valence-electron chi connectivity index (χ3n) is 3.08. The first kappa shape index (κ1) is 15.2. The van der Waals surface area contributed by atoms with Gasteiger partial charge in [0.05, 0.1) is 11.4 Å². The van der Waals surface area contributed by atoms with Crippen LogP contribution in [-0.2, 0) is 4.79 Å². The third-order valence-corrected chi connectivity index (χ3v) is 4.00. The van der Waals surface area contributed by atoms with Crippen molar-refractivity contribution in [2.75, 3.05) is 11.1 Å². The van der Waals surface area contributed by atoms with E-state index in [1.807, 2.05) is 31.2 Å². The van der Waals surface area contributed by atoms with Crippen LogP contribution < -0.4 is 5.32 Å². The van der Waals surface area contributed by atoms with Crippen LogP contribution in [0, 0.1) is 6.92 Å². The third kappa shape index (κ3) is 3.72. The molecule has 1 amide bonds. The Kier molecular flexibility index (Phi) is 4.62. The van der Waals surface area contributed by atoms with Crippen LogP contribution in [0.4, 0.5) is 5.69 Å². The highest BCUT2D eigenvalue weighted by Gasteiger charge is 2.12. The molecule has 3 rings (SSSR count). The molecule has 0 atom stereocenters. The van der Waals surface area contributed by atoms with Crippen molar-refractivity contribution in [3.63, 3.8) is 0 Å². The molecule has 0 radical (unpaired) electrons. The summed E-state index contributed by atoms with van der Waals surface area (Å²) < 4.78 is 1.64. The van der Waals surface area contributed by atoms with Gasteiger partial charge in [-0.2, -0.15) is 4.68 Å². The van der Waals surface area contributed by atoms with E-state index in [0.717, 1.165) is 11.3 Å². The van der Waals surface area contributed by atoms with Crippen molar-refractivity contribution < 1.29 is 4.79 Å². The second-order valence-corrected chi connectivity index (χ2v) is 5.67. The summed E-state index contributed by atoms with van der Waals surface area (Å²) >= 11 is 1.28. The number of para-hydroxylation sites is 1. The van der Waals surface area contributed by atoms with Crippen molar-refractivity contribution in [2.45, 2.75) is 12.1 Å². The number of aromatic nitrogens is 5. The lowest BCUT2D eigenvalue weighted by molar-refractivity contribution is -0.113. The minimum Gasteiger partial charge on any atom is -0.325 e. The number of carbonyl (C=O) groups excluding carboxylic acids is 1. The second kappa shape index (κ2) is 7.01. The molecule has 0 aliphatic heterocycles. The molecule has 2 aromatic heterocycles. The Morgan fingerprint density at radius 1 is 1.22 bits per heavy atom. The largest absolute Gasteiger partial charge is 0.325 e. The molecule has 0 aliphatic carbocycles. The quantitative estimate of drug-likeness (QED) is 0.723. The molecule has 0 fully saturated rings. The van der Waals surface area contributed by atoms with Gasteiger partial charge >= 0.3 is 0 Å². The monoisotopic (exact) mass is 326 g/mol. The van der Waals surface area contributed by atoms with Gasteiger partial charge in [-0.1, -0.05) is 30.0 Å². The highest BCUT2D eigenvalue weighted by molar-refractivity contribution is 7.99. The fourth-order valence-corrected chi connectivity index (χ4v) is 2.67. The van der Waals surface area contributed by atoms with E-state index in [1.54, 1.807) is 29.2 Å². The molecule has 8 heteroatoms. The fraction of sp³-hybridized carbons (Fsp3) is 0.133. The second-order valence-electron chi connectivity index (χ2n) is 4.73. The van der Waals surface area contributed by atoms with Crippen molar-refractivity contribution in [2.24, 2.45) is 0 Å². The van der Waals surface area contributed by atoms with Gasteiger partial charge in [0, 0.05) is 18.1 Å². The van der Waals surface area contributed by atoms with Gasteiger partial charge < -0.3 is 5.32 Å². The van der Waals surface area contributed by atoms with Crippen LogP contribution in [0.25, 0.3) is 5.69 Å². The van der Waals surface area contributed by atoms with Crippen LogP contribution in [0.3, 0.4) is 0 Å². The summed E-state index contributed by atoms with van der Waals surface area (Å²) in [4.78, 5) is 15.9. The Morgan fingerprint density at radius 2 is 2.00 bits per heavy atom. The molecule has 3 aromatic rings. The summed E-state index contributed by atoms with van der Waals surface area (Å²) in [5.41, 5.74) is 2.67. The maximum atomic E-state index is 12.0. The predicted molar refractivity (Wildman–Crippen MR) is 87.5 cm³/mol. The molecule has 0 unspecified atom stereocenters. The standard InChI is InChI=1S/C15H14N6OS/c1-11-4-2-3-5-13(11)21-15(18-19-20-21)23-10-14(22)17-12-6-8-16-9-7-12/h2-9H,10H2,1H3,(H,16,17,22). The van der Waals surface area contributed by atoms with Gasteiger partial charge in [-0.05, 0) is 41.1 Å². The lowest BCUT2D eigenvalue weighted by Gasteiger charge is -2.07. The predicted octanol–water partition coefficient (Wildman–Crippen LogP) is 2.10. The van der Waals surface area contributed by atoms with Gasteiger partial charge in [-0.15, -0.1) is 5.10 Å². The molecule has 7 nitrogen and oxygen atoms in total. The Bertz CT molecular complexity index is 804. The van der Waals surface area contributed by atoms with Gasteiger partial charge in [0.2, 0.25) is 11.1 Å². The van der Waals surface area contributed by atoms with Crippen LogP contribution in [0.5, 0.6) is 0 Å². The molecule has 116 valence electrons. The molecular weight excluding hydrogens is 312 g/mol. The van der Waals surface area contributed by atoms with Crippen molar-refractivity contribution in [1.29, 1.82) is 0 Å². The van der Waals surface area contributed by atoms with E-state index in [-0.39, 0.29) is 11.7 Å². The van der Waals surface area contributed by atoms with Crippen LogP contribution in [0.15, 0.2) is 53.9 Å². The molecule has 0 saturated carbocycles. The number of amides is 1. The summed E-state index contributed by atoms with van der Waals surface area (Å²) in [5.74, 6) is 0.0923. The van der Waals surface area contributed by atoms with Crippen LogP contribution in [0.2, 0.25) is 0 Å². The van der Waals surface area contributed by atoms with Crippen LogP contribution in [-0.4, -0.2) is 36.9 Å². The smallest absolute Gasteiger partial charge is 0.234 e. The fourth-order valence-electron chi connectivity index (χ4n) is 1.98. The average molecular weight is 326 g/mol. The Labute approximate surface area is 137 Å². The number of aryl methyl sites for hydroxylation is 1. The SMILES string of the molecule is Cc1ccccc1-n1nnnc1SCC(=O)Nc1ccncc1. The highest BCUT2D eigenvalue weighted by Crippen LogP contribution is 2.20. The average Bonchev–Trinajstić information content (AvgIpc) is 3.03. The van der Waals surface area contributed by atoms with E-state index in [9.17, 15) is 4.79 Å². The number of benzene rings is 1.